The molecule has 0 fully saturated rings. The highest BCUT2D eigenvalue weighted by Crippen LogP contribution is 2.06. The van der Waals surface area contributed by atoms with Gasteiger partial charge in [-0.3, -0.25) is 10.3 Å². The van der Waals surface area contributed by atoms with Gasteiger partial charge < -0.3 is 4.98 Å². The molecule has 5 nitrogen and oxygen atoms in total. The molecule has 1 aromatic heterocycles. The summed E-state index contributed by atoms with van der Waals surface area (Å²) in [5.41, 5.74) is 2.28. The topological polar surface area (TPSA) is 76.9 Å². The Hall–Kier alpha value is -1.48. The van der Waals surface area contributed by atoms with Gasteiger partial charge in [-0.05, 0) is 32.4 Å². The van der Waals surface area contributed by atoms with Crippen LogP contribution in [-0.4, -0.2) is 27.9 Å². The fourth-order valence-electron chi connectivity index (χ4n) is 1.43. The minimum absolute atomic E-state index is 0.684. The van der Waals surface area contributed by atoms with Gasteiger partial charge in [0.15, 0.2) is 11.4 Å². The van der Waals surface area contributed by atoms with Crippen LogP contribution in [0.1, 0.15) is 24.2 Å². The largest absolute Gasteiger partial charge is 0.348 e. The number of hydrogen-bond acceptors (Lipinski definition) is 4. The molecule has 6 heteroatoms. The molecule has 17 heavy (non-hydrogen) atoms. The molecule has 92 valence electrons. The van der Waals surface area contributed by atoms with Gasteiger partial charge in [-0.15, -0.1) is 0 Å². The number of hydrogen-bond donors (Lipinski definition) is 2. The first-order chi connectivity index (χ1) is 8.27. The van der Waals surface area contributed by atoms with Crippen LogP contribution in [0.3, 0.4) is 0 Å². The number of nitriles is 1. The maximum absolute atomic E-state index is 8.46. The lowest BCUT2D eigenvalue weighted by atomic mass is 10.2. The Morgan fingerprint density at radius 1 is 1.65 bits per heavy atom. The van der Waals surface area contributed by atoms with Crippen molar-refractivity contribution in [3.8, 4) is 6.19 Å². The van der Waals surface area contributed by atoms with Crippen molar-refractivity contribution in [2.75, 3.05) is 12.8 Å². The summed E-state index contributed by atoms with van der Waals surface area (Å²) in [7, 11) is 0. The highest BCUT2D eigenvalue weighted by Gasteiger charge is 2.00. The van der Waals surface area contributed by atoms with Crippen molar-refractivity contribution in [2.24, 2.45) is 4.99 Å². The lowest BCUT2D eigenvalue weighted by Gasteiger charge is -2.00. The van der Waals surface area contributed by atoms with E-state index < -0.39 is 0 Å². The van der Waals surface area contributed by atoms with Crippen LogP contribution in [-0.2, 0) is 6.42 Å². The van der Waals surface area contributed by atoms with Crippen molar-refractivity contribution in [3.05, 3.63) is 17.7 Å². The van der Waals surface area contributed by atoms with E-state index in [1.807, 2.05) is 19.4 Å². The van der Waals surface area contributed by atoms with Gasteiger partial charge in [-0.2, -0.15) is 5.26 Å². The first kappa shape index (κ1) is 13.6. The zero-order chi connectivity index (χ0) is 12.5. The Morgan fingerprint density at radius 2 is 2.47 bits per heavy atom. The average molecular weight is 251 g/mol. The summed E-state index contributed by atoms with van der Waals surface area (Å²) in [5, 5.41) is 11.7. The number of aromatic amines is 1. The number of H-pyrrole nitrogens is 1. The molecule has 0 spiro atoms. The lowest BCUT2D eigenvalue weighted by Crippen LogP contribution is -2.13. The summed E-state index contributed by atoms with van der Waals surface area (Å²) in [5.74, 6) is 0. The molecule has 0 aromatic carbocycles. The number of aromatic nitrogens is 2. The van der Waals surface area contributed by atoms with Gasteiger partial charge in [0.2, 0.25) is 0 Å². The van der Waals surface area contributed by atoms with Crippen molar-refractivity contribution in [1.82, 2.24) is 15.3 Å². The fourth-order valence-corrected chi connectivity index (χ4v) is 1.80. The van der Waals surface area contributed by atoms with Gasteiger partial charge in [0.25, 0.3) is 0 Å². The summed E-state index contributed by atoms with van der Waals surface area (Å²) in [4.78, 5) is 11.6. The third-order valence-electron chi connectivity index (χ3n) is 2.37. The Balaban J connectivity index is 2.20. The molecule has 0 unspecified atom stereocenters. The summed E-state index contributed by atoms with van der Waals surface area (Å²) >= 11 is 1.45. The third kappa shape index (κ3) is 4.91. The second kappa shape index (κ2) is 7.74. The molecule has 0 saturated carbocycles. The van der Waals surface area contributed by atoms with Crippen molar-refractivity contribution < 1.29 is 0 Å². The van der Waals surface area contributed by atoms with Gasteiger partial charge >= 0.3 is 0 Å². The molecule has 0 aliphatic heterocycles. The minimum Gasteiger partial charge on any atom is -0.348 e. The molecule has 1 heterocycles. The predicted octanol–water partition coefficient (Wildman–Crippen LogP) is 1.83. The van der Waals surface area contributed by atoms with Gasteiger partial charge in [0.05, 0.1) is 12.0 Å². The molecule has 1 aromatic rings. The Labute approximate surface area is 106 Å². The number of aryl methyl sites for hydroxylation is 2. The first-order valence-electron chi connectivity index (χ1n) is 5.50. The zero-order valence-corrected chi connectivity index (χ0v) is 11.0. The smallest absolute Gasteiger partial charge is 0.183 e. The molecule has 2 N–H and O–H groups in total. The van der Waals surface area contributed by atoms with E-state index in [0.717, 1.165) is 37.2 Å². The molecule has 0 aliphatic rings. The van der Waals surface area contributed by atoms with E-state index in [9.17, 15) is 0 Å². The molecule has 0 saturated heterocycles. The highest BCUT2D eigenvalue weighted by molar-refractivity contribution is 8.13. The normalized spacial score (nSPS) is 11.2. The minimum atomic E-state index is 0.684. The molecular weight excluding hydrogens is 234 g/mol. The fraction of sp³-hybridized carbons (Fsp3) is 0.545. The molecule has 0 radical (unpaired) electrons. The number of imidazole rings is 1. The second-order valence-electron chi connectivity index (χ2n) is 3.56. The number of unbranched alkanes of at least 4 members (excludes halogenated alkanes) is 1. The second-order valence-corrected chi connectivity index (χ2v) is 4.35. The maximum Gasteiger partial charge on any atom is 0.183 e. The van der Waals surface area contributed by atoms with Crippen LogP contribution in [0.25, 0.3) is 0 Å². The van der Waals surface area contributed by atoms with E-state index in [2.05, 4.69) is 20.3 Å². The number of thioether (sulfide) groups is 1. The van der Waals surface area contributed by atoms with E-state index >= 15 is 0 Å². The van der Waals surface area contributed by atoms with Crippen molar-refractivity contribution >= 4 is 16.9 Å². The van der Waals surface area contributed by atoms with E-state index in [1.54, 1.807) is 6.33 Å². The molecule has 0 atom stereocenters. The maximum atomic E-state index is 8.46. The quantitative estimate of drug-likeness (QED) is 0.275. The van der Waals surface area contributed by atoms with Crippen molar-refractivity contribution in [2.45, 2.75) is 26.2 Å². The first-order valence-corrected chi connectivity index (χ1v) is 6.72. The molecule has 0 bridgehead atoms. The third-order valence-corrected chi connectivity index (χ3v) is 2.99. The highest BCUT2D eigenvalue weighted by atomic mass is 32.2. The lowest BCUT2D eigenvalue weighted by molar-refractivity contribution is 0.733. The predicted molar refractivity (Wildman–Crippen MR) is 70.8 cm³/mol. The number of nitrogens with one attached hydrogen (secondary N) is 2. The van der Waals surface area contributed by atoms with E-state index in [1.165, 1.54) is 11.8 Å². The van der Waals surface area contributed by atoms with Crippen LogP contribution in [0, 0.1) is 18.4 Å². The SMILES string of the molecule is CSC(=NCCCCc1nc[nH]c1C)NC#N. The van der Waals surface area contributed by atoms with Crippen LogP contribution in [0.5, 0.6) is 0 Å². The zero-order valence-electron chi connectivity index (χ0n) is 10.2. The van der Waals surface area contributed by atoms with E-state index in [-0.39, 0.29) is 0 Å². The van der Waals surface area contributed by atoms with Crippen LogP contribution in [0.15, 0.2) is 11.3 Å². The summed E-state index contributed by atoms with van der Waals surface area (Å²) < 4.78 is 0. The Morgan fingerprint density at radius 3 is 3.06 bits per heavy atom. The van der Waals surface area contributed by atoms with Gasteiger partial charge in [0, 0.05) is 12.2 Å². The van der Waals surface area contributed by atoms with Crippen molar-refractivity contribution in [3.63, 3.8) is 0 Å². The van der Waals surface area contributed by atoms with Crippen LogP contribution in [0.2, 0.25) is 0 Å². The van der Waals surface area contributed by atoms with Crippen LogP contribution >= 0.6 is 11.8 Å². The molecule has 1 rings (SSSR count). The Bertz CT molecular complexity index is 404. The average Bonchev–Trinajstić information content (AvgIpc) is 2.73. The van der Waals surface area contributed by atoms with E-state index in [0.29, 0.717) is 5.17 Å². The number of amidine groups is 1. The van der Waals surface area contributed by atoms with Crippen LogP contribution < -0.4 is 5.32 Å². The standard InChI is InChI=1S/C11H17N5S/c1-9-10(16-8-15-9)5-3-4-6-13-11(17-2)14-7-12/h8H,3-6H2,1-2H3,(H,13,14)(H,15,16). The van der Waals surface area contributed by atoms with Crippen LogP contribution in [0.4, 0.5) is 0 Å². The van der Waals surface area contributed by atoms with Gasteiger partial charge in [-0.25, -0.2) is 4.98 Å². The van der Waals surface area contributed by atoms with Gasteiger partial charge in [0.1, 0.15) is 0 Å². The number of nitrogens with zero attached hydrogens (tertiary/aromatic N) is 3. The summed E-state index contributed by atoms with van der Waals surface area (Å²) in [6.07, 6.45) is 8.54. The Kier molecular flexibility index (Phi) is 6.18. The number of rotatable bonds is 5. The summed E-state index contributed by atoms with van der Waals surface area (Å²) in [6.45, 7) is 2.78. The van der Waals surface area contributed by atoms with Gasteiger partial charge in [-0.1, -0.05) is 11.8 Å². The molecular formula is C11H17N5S. The van der Waals surface area contributed by atoms with Crippen molar-refractivity contribution in [1.29, 1.82) is 5.26 Å². The molecule has 0 aliphatic carbocycles. The summed E-state index contributed by atoms with van der Waals surface area (Å²) in [6, 6.07) is 0. The monoisotopic (exact) mass is 251 g/mol. The number of aliphatic imine (C=N–C) groups is 1. The molecule has 0 amide bonds. The van der Waals surface area contributed by atoms with E-state index in [4.69, 9.17) is 5.26 Å².